The topological polar surface area (TPSA) is 50.3 Å². The number of rotatable bonds is 4. The summed E-state index contributed by atoms with van der Waals surface area (Å²) in [5, 5.41) is 3.53. The van der Waals surface area contributed by atoms with Crippen LogP contribution in [0.5, 0.6) is 0 Å². The number of aromatic nitrogens is 2. The maximum atomic E-state index is 5.46. The summed E-state index contributed by atoms with van der Waals surface area (Å²) in [4.78, 5) is 11.0. The smallest absolute Gasteiger partial charge is 0.129 e. The average Bonchev–Trinajstić information content (AvgIpc) is 2.94. The van der Waals surface area contributed by atoms with Gasteiger partial charge in [0.05, 0.1) is 6.61 Å². The van der Waals surface area contributed by atoms with Gasteiger partial charge >= 0.3 is 0 Å². The molecule has 1 unspecified atom stereocenters. The van der Waals surface area contributed by atoms with Crippen molar-refractivity contribution in [2.45, 2.75) is 32.2 Å². The van der Waals surface area contributed by atoms with Crippen LogP contribution in [0, 0.1) is 12.8 Å². The van der Waals surface area contributed by atoms with Crippen molar-refractivity contribution in [2.24, 2.45) is 5.92 Å². The van der Waals surface area contributed by atoms with Gasteiger partial charge in [-0.25, -0.2) is 9.97 Å². The van der Waals surface area contributed by atoms with Gasteiger partial charge in [0.25, 0.3) is 0 Å². The summed E-state index contributed by atoms with van der Waals surface area (Å²) in [5.74, 6) is 1.71. The highest BCUT2D eigenvalue weighted by Crippen LogP contribution is 2.19. The van der Waals surface area contributed by atoms with Crippen molar-refractivity contribution in [1.82, 2.24) is 14.9 Å². The van der Waals surface area contributed by atoms with Gasteiger partial charge in [-0.2, -0.15) is 0 Å². The zero-order valence-electron chi connectivity index (χ0n) is 12.2. The molecule has 0 aromatic carbocycles. The summed E-state index contributed by atoms with van der Waals surface area (Å²) in [5.41, 5.74) is 1.01. The normalized spacial score (nSPS) is 24.9. The maximum absolute atomic E-state index is 5.46. The number of hydrogen-bond donors (Lipinski definition) is 1. The molecule has 2 aliphatic rings. The van der Waals surface area contributed by atoms with Gasteiger partial charge in [0, 0.05) is 44.0 Å². The van der Waals surface area contributed by atoms with Crippen LogP contribution in [0.25, 0.3) is 0 Å². The van der Waals surface area contributed by atoms with Gasteiger partial charge in [0.1, 0.15) is 12.1 Å². The molecule has 0 amide bonds. The van der Waals surface area contributed by atoms with Crippen molar-refractivity contribution in [3.63, 3.8) is 0 Å². The van der Waals surface area contributed by atoms with E-state index in [4.69, 9.17) is 4.74 Å². The van der Waals surface area contributed by atoms with Crippen molar-refractivity contribution >= 4 is 5.82 Å². The zero-order valence-corrected chi connectivity index (χ0v) is 12.2. The minimum Gasteiger partial charge on any atom is -0.381 e. The molecule has 1 N–H and O–H groups in total. The standard InChI is InChI=1S/C15H24N4O/c1-12-8-15(17-11-16-12)18-14-2-5-19(6-3-14)9-13-4-7-20-10-13/h8,11,13-14H,2-7,9-10H2,1H3,(H,16,17,18). The van der Waals surface area contributed by atoms with Crippen molar-refractivity contribution in [1.29, 1.82) is 0 Å². The number of hydrogen-bond acceptors (Lipinski definition) is 5. The Hall–Kier alpha value is -1.20. The third-order valence-electron chi connectivity index (χ3n) is 4.28. The highest BCUT2D eigenvalue weighted by atomic mass is 16.5. The molecule has 0 spiro atoms. The predicted octanol–water partition coefficient (Wildman–Crippen LogP) is 1.70. The molecule has 1 aromatic heterocycles. The Morgan fingerprint density at radius 1 is 1.30 bits per heavy atom. The number of nitrogens with one attached hydrogen (secondary N) is 1. The molecule has 0 aliphatic carbocycles. The van der Waals surface area contributed by atoms with Gasteiger partial charge < -0.3 is 15.0 Å². The lowest BCUT2D eigenvalue weighted by molar-refractivity contribution is 0.154. The number of ether oxygens (including phenoxy) is 1. The van der Waals surface area contributed by atoms with E-state index in [9.17, 15) is 0 Å². The zero-order chi connectivity index (χ0) is 13.8. The molecule has 1 aromatic rings. The van der Waals surface area contributed by atoms with Gasteiger partial charge in [-0.3, -0.25) is 0 Å². The van der Waals surface area contributed by atoms with Crippen LogP contribution in [0.4, 0.5) is 5.82 Å². The fraction of sp³-hybridized carbons (Fsp3) is 0.733. The SMILES string of the molecule is Cc1cc(NC2CCN(CC3CCOC3)CC2)ncn1. The lowest BCUT2D eigenvalue weighted by Gasteiger charge is -2.33. The average molecular weight is 276 g/mol. The summed E-state index contributed by atoms with van der Waals surface area (Å²) < 4.78 is 5.46. The highest BCUT2D eigenvalue weighted by molar-refractivity contribution is 5.35. The maximum Gasteiger partial charge on any atom is 0.129 e. The monoisotopic (exact) mass is 276 g/mol. The van der Waals surface area contributed by atoms with Crippen molar-refractivity contribution in [2.75, 3.05) is 38.2 Å². The molecule has 0 bridgehead atoms. The Morgan fingerprint density at radius 3 is 2.85 bits per heavy atom. The lowest BCUT2D eigenvalue weighted by Crippen LogP contribution is -2.41. The molecule has 5 nitrogen and oxygen atoms in total. The number of nitrogens with zero attached hydrogens (tertiary/aromatic N) is 3. The van der Waals surface area contributed by atoms with Crippen LogP contribution in [-0.4, -0.2) is 53.8 Å². The molecule has 2 aliphatic heterocycles. The third kappa shape index (κ3) is 3.67. The van der Waals surface area contributed by atoms with E-state index in [2.05, 4.69) is 20.2 Å². The van der Waals surface area contributed by atoms with Crippen LogP contribution < -0.4 is 5.32 Å². The first-order valence-electron chi connectivity index (χ1n) is 7.65. The summed E-state index contributed by atoms with van der Waals surface area (Å²) in [7, 11) is 0. The molecular formula is C15H24N4O. The largest absolute Gasteiger partial charge is 0.381 e. The highest BCUT2D eigenvalue weighted by Gasteiger charge is 2.23. The van der Waals surface area contributed by atoms with E-state index in [0.717, 1.165) is 30.6 Å². The van der Waals surface area contributed by atoms with Gasteiger partial charge in [-0.15, -0.1) is 0 Å². The molecular weight excluding hydrogens is 252 g/mol. The van der Waals surface area contributed by atoms with Crippen LogP contribution in [0.1, 0.15) is 25.0 Å². The molecule has 110 valence electrons. The van der Waals surface area contributed by atoms with Crippen molar-refractivity contribution < 1.29 is 4.74 Å². The second-order valence-electron chi connectivity index (χ2n) is 5.99. The minimum atomic E-state index is 0.542. The first kappa shape index (κ1) is 13.8. The molecule has 3 rings (SSSR count). The summed E-state index contributed by atoms with van der Waals surface area (Å²) in [6.07, 6.45) is 5.25. The Labute approximate surface area is 120 Å². The Kier molecular flexibility index (Phi) is 4.47. The Bertz CT molecular complexity index is 426. The number of aryl methyl sites for hydroxylation is 1. The molecule has 0 radical (unpaired) electrons. The van der Waals surface area contributed by atoms with E-state index in [1.54, 1.807) is 6.33 Å². The van der Waals surface area contributed by atoms with E-state index >= 15 is 0 Å². The van der Waals surface area contributed by atoms with E-state index in [1.165, 1.54) is 38.9 Å². The van der Waals surface area contributed by atoms with Crippen LogP contribution >= 0.6 is 0 Å². The van der Waals surface area contributed by atoms with Crippen molar-refractivity contribution in [3.05, 3.63) is 18.1 Å². The molecule has 20 heavy (non-hydrogen) atoms. The van der Waals surface area contributed by atoms with E-state index in [-0.39, 0.29) is 0 Å². The van der Waals surface area contributed by atoms with Crippen LogP contribution in [0.3, 0.4) is 0 Å². The minimum absolute atomic E-state index is 0.542. The number of likely N-dealkylation sites (tertiary alicyclic amines) is 1. The van der Waals surface area contributed by atoms with E-state index in [1.807, 2.05) is 13.0 Å². The third-order valence-corrected chi connectivity index (χ3v) is 4.28. The quantitative estimate of drug-likeness (QED) is 0.907. The van der Waals surface area contributed by atoms with E-state index < -0.39 is 0 Å². The first-order valence-corrected chi connectivity index (χ1v) is 7.65. The fourth-order valence-electron chi connectivity index (χ4n) is 3.09. The predicted molar refractivity (Wildman–Crippen MR) is 78.8 cm³/mol. The molecule has 1 atom stereocenters. The van der Waals surface area contributed by atoms with Crippen molar-refractivity contribution in [3.8, 4) is 0 Å². The van der Waals surface area contributed by atoms with Crippen LogP contribution in [-0.2, 0) is 4.74 Å². The van der Waals surface area contributed by atoms with E-state index in [0.29, 0.717) is 6.04 Å². The second kappa shape index (κ2) is 6.50. The van der Waals surface area contributed by atoms with Gasteiger partial charge in [0.15, 0.2) is 0 Å². The van der Waals surface area contributed by atoms with Gasteiger partial charge in [0.2, 0.25) is 0 Å². The van der Waals surface area contributed by atoms with Gasteiger partial charge in [-0.05, 0) is 32.1 Å². The molecule has 0 saturated carbocycles. The summed E-state index contributed by atoms with van der Waals surface area (Å²) in [6, 6.07) is 2.56. The lowest BCUT2D eigenvalue weighted by atomic mass is 10.0. The Balaban J connectivity index is 1.43. The molecule has 2 saturated heterocycles. The number of anilines is 1. The first-order chi connectivity index (χ1) is 9.79. The van der Waals surface area contributed by atoms with Crippen LogP contribution in [0.15, 0.2) is 12.4 Å². The van der Waals surface area contributed by atoms with Crippen LogP contribution in [0.2, 0.25) is 0 Å². The summed E-state index contributed by atoms with van der Waals surface area (Å²) >= 11 is 0. The molecule has 5 heteroatoms. The second-order valence-corrected chi connectivity index (χ2v) is 5.99. The number of piperidine rings is 1. The van der Waals surface area contributed by atoms with Gasteiger partial charge in [-0.1, -0.05) is 0 Å². The Morgan fingerprint density at radius 2 is 2.15 bits per heavy atom. The fourth-order valence-corrected chi connectivity index (χ4v) is 3.09. The molecule has 3 heterocycles. The molecule has 2 fully saturated rings. The summed E-state index contributed by atoms with van der Waals surface area (Å²) in [6.45, 7) is 7.48.